The van der Waals surface area contributed by atoms with Crippen molar-refractivity contribution in [3.63, 3.8) is 0 Å². The lowest BCUT2D eigenvalue weighted by molar-refractivity contribution is -0.122. The summed E-state index contributed by atoms with van der Waals surface area (Å²) >= 11 is 17.0. The summed E-state index contributed by atoms with van der Waals surface area (Å²) in [5.74, 6) is -1.56. The number of anilines is 1. The molecule has 0 bridgehead atoms. The quantitative estimate of drug-likeness (QED) is 0.451. The van der Waals surface area contributed by atoms with Crippen LogP contribution < -0.4 is 10.2 Å². The molecule has 1 saturated heterocycles. The summed E-state index contributed by atoms with van der Waals surface area (Å²) in [6.07, 6.45) is 1.23. The first kappa shape index (κ1) is 18.4. The van der Waals surface area contributed by atoms with E-state index in [1.165, 1.54) is 23.1 Å². The topological polar surface area (TPSA) is 69.6 Å². The SMILES string of the molecule is Cc1ccc(N2C(=O)/C(=C\c3cc(Cl)cc(Cl)c3O)C(=O)NC2=S)cc1. The minimum Gasteiger partial charge on any atom is -0.506 e. The average molecular weight is 407 g/mol. The summed E-state index contributed by atoms with van der Waals surface area (Å²) in [6.45, 7) is 1.92. The maximum absolute atomic E-state index is 12.9. The Labute approximate surface area is 164 Å². The van der Waals surface area contributed by atoms with Crippen molar-refractivity contribution < 1.29 is 14.7 Å². The molecule has 0 aliphatic carbocycles. The van der Waals surface area contributed by atoms with Crippen LogP contribution in [0.3, 0.4) is 0 Å². The van der Waals surface area contributed by atoms with Gasteiger partial charge in [0.1, 0.15) is 11.3 Å². The van der Waals surface area contributed by atoms with Crippen LogP contribution in [0.1, 0.15) is 11.1 Å². The maximum Gasteiger partial charge on any atom is 0.270 e. The number of hydrogen-bond donors (Lipinski definition) is 2. The molecule has 1 heterocycles. The van der Waals surface area contributed by atoms with Crippen molar-refractivity contribution in [2.24, 2.45) is 0 Å². The van der Waals surface area contributed by atoms with Crippen LogP contribution in [0.4, 0.5) is 5.69 Å². The van der Waals surface area contributed by atoms with Crippen LogP contribution in [-0.2, 0) is 9.59 Å². The number of carbonyl (C=O) groups is 2. The van der Waals surface area contributed by atoms with Gasteiger partial charge < -0.3 is 5.11 Å². The van der Waals surface area contributed by atoms with E-state index < -0.39 is 11.8 Å². The number of aryl methyl sites for hydroxylation is 1. The molecular formula is C18H12Cl2N2O3S. The molecule has 0 aromatic heterocycles. The highest BCUT2D eigenvalue weighted by Crippen LogP contribution is 2.33. The van der Waals surface area contributed by atoms with Gasteiger partial charge in [0, 0.05) is 10.6 Å². The van der Waals surface area contributed by atoms with Crippen molar-refractivity contribution >= 4 is 64.1 Å². The van der Waals surface area contributed by atoms with Gasteiger partial charge in [0.15, 0.2) is 5.11 Å². The number of nitrogens with one attached hydrogen (secondary N) is 1. The Kier molecular flexibility index (Phi) is 5.00. The third-order valence-corrected chi connectivity index (χ3v) is 4.54. The van der Waals surface area contributed by atoms with Gasteiger partial charge in [-0.15, -0.1) is 0 Å². The molecule has 2 N–H and O–H groups in total. The fraction of sp³-hybridized carbons (Fsp3) is 0.0556. The summed E-state index contributed by atoms with van der Waals surface area (Å²) in [5.41, 5.74) is 1.48. The molecule has 2 aromatic carbocycles. The van der Waals surface area contributed by atoms with Gasteiger partial charge in [-0.05, 0) is 49.5 Å². The van der Waals surface area contributed by atoms with E-state index in [0.29, 0.717) is 5.69 Å². The van der Waals surface area contributed by atoms with Gasteiger partial charge in [-0.3, -0.25) is 19.8 Å². The van der Waals surface area contributed by atoms with E-state index in [9.17, 15) is 14.7 Å². The lowest BCUT2D eigenvalue weighted by Gasteiger charge is -2.29. The van der Waals surface area contributed by atoms with Gasteiger partial charge in [-0.25, -0.2) is 0 Å². The van der Waals surface area contributed by atoms with Gasteiger partial charge >= 0.3 is 0 Å². The highest BCUT2D eigenvalue weighted by atomic mass is 35.5. The van der Waals surface area contributed by atoms with Gasteiger partial charge in [0.05, 0.1) is 10.7 Å². The van der Waals surface area contributed by atoms with Crippen LogP contribution in [0.2, 0.25) is 10.0 Å². The van der Waals surface area contributed by atoms with Crippen molar-refractivity contribution in [3.05, 3.63) is 63.1 Å². The molecule has 2 amide bonds. The van der Waals surface area contributed by atoms with Crippen LogP contribution >= 0.6 is 35.4 Å². The number of carbonyl (C=O) groups excluding carboxylic acids is 2. The number of hydrogen-bond acceptors (Lipinski definition) is 4. The maximum atomic E-state index is 12.9. The predicted molar refractivity (Wildman–Crippen MR) is 106 cm³/mol. The van der Waals surface area contributed by atoms with Crippen molar-refractivity contribution in [1.82, 2.24) is 5.32 Å². The van der Waals surface area contributed by atoms with Crippen molar-refractivity contribution in [2.45, 2.75) is 6.92 Å². The fourth-order valence-electron chi connectivity index (χ4n) is 2.44. The van der Waals surface area contributed by atoms with E-state index in [2.05, 4.69) is 5.32 Å². The van der Waals surface area contributed by atoms with Crippen molar-refractivity contribution in [2.75, 3.05) is 4.90 Å². The second-order valence-electron chi connectivity index (χ2n) is 5.62. The molecule has 5 nitrogen and oxygen atoms in total. The number of halogens is 2. The molecule has 1 aliphatic heterocycles. The first-order chi connectivity index (χ1) is 12.3. The smallest absolute Gasteiger partial charge is 0.270 e. The van der Waals surface area contributed by atoms with Gasteiger partial charge in [-0.1, -0.05) is 40.9 Å². The highest BCUT2D eigenvalue weighted by molar-refractivity contribution is 7.80. The Morgan fingerprint density at radius 3 is 2.46 bits per heavy atom. The number of amides is 2. The summed E-state index contributed by atoms with van der Waals surface area (Å²) in [7, 11) is 0. The van der Waals surface area contributed by atoms with E-state index in [1.54, 1.807) is 12.1 Å². The number of rotatable bonds is 2. The minimum absolute atomic E-state index is 0.0129. The standard InChI is InChI=1S/C18H12Cl2N2O3S/c1-9-2-4-12(5-3-9)22-17(25)13(16(24)21-18(22)26)7-10-6-11(19)8-14(20)15(10)23/h2-8,23H,1H3,(H,21,24,26)/b13-7-. The van der Waals surface area contributed by atoms with Crippen molar-refractivity contribution in [3.8, 4) is 5.75 Å². The minimum atomic E-state index is -0.668. The molecule has 1 aliphatic rings. The summed E-state index contributed by atoms with van der Waals surface area (Å²) < 4.78 is 0. The molecule has 0 atom stereocenters. The van der Waals surface area contributed by atoms with Crippen LogP contribution in [-0.4, -0.2) is 22.0 Å². The highest BCUT2D eigenvalue weighted by Gasteiger charge is 2.34. The van der Waals surface area contributed by atoms with Gasteiger partial charge in [0.25, 0.3) is 11.8 Å². The second kappa shape index (κ2) is 7.07. The van der Waals surface area contributed by atoms with E-state index in [1.807, 2.05) is 19.1 Å². The Hall–Kier alpha value is -2.41. The summed E-state index contributed by atoms with van der Waals surface area (Å²) in [6, 6.07) is 9.86. The lowest BCUT2D eigenvalue weighted by atomic mass is 10.1. The Morgan fingerprint density at radius 1 is 1.15 bits per heavy atom. The van der Waals surface area contributed by atoms with E-state index in [0.717, 1.165) is 5.56 Å². The molecule has 0 unspecified atom stereocenters. The Balaban J connectivity index is 2.07. The predicted octanol–water partition coefficient (Wildman–Crippen LogP) is 3.84. The first-order valence-corrected chi connectivity index (χ1v) is 8.60. The van der Waals surface area contributed by atoms with E-state index in [-0.39, 0.29) is 32.0 Å². The van der Waals surface area contributed by atoms with Gasteiger partial charge in [0.2, 0.25) is 0 Å². The number of aromatic hydroxyl groups is 1. The normalized spacial score (nSPS) is 16.2. The van der Waals surface area contributed by atoms with Crippen LogP contribution in [0, 0.1) is 6.92 Å². The summed E-state index contributed by atoms with van der Waals surface area (Å²) in [4.78, 5) is 26.4. The van der Waals surface area contributed by atoms with Crippen LogP contribution in [0.25, 0.3) is 6.08 Å². The number of phenolic OH excluding ortho intramolecular Hbond substituents is 1. The molecule has 132 valence electrons. The lowest BCUT2D eigenvalue weighted by Crippen LogP contribution is -2.54. The Morgan fingerprint density at radius 2 is 1.81 bits per heavy atom. The molecule has 0 radical (unpaired) electrons. The number of phenols is 1. The molecule has 2 aromatic rings. The fourth-order valence-corrected chi connectivity index (χ4v) is 3.23. The molecule has 26 heavy (non-hydrogen) atoms. The number of nitrogens with zero attached hydrogens (tertiary/aromatic N) is 1. The zero-order valence-corrected chi connectivity index (χ0v) is 15.7. The van der Waals surface area contributed by atoms with Crippen LogP contribution in [0.5, 0.6) is 5.75 Å². The monoisotopic (exact) mass is 406 g/mol. The molecule has 3 rings (SSSR count). The van der Waals surface area contributed by atoms with Crippen LogP contribution in [0.15, 0.2) is 42.0 Å². The molecule has 0 spiro atoms. The Bertz CT molecular complexity index is 971. The van der Waals surface area contributed by atoms with Crippen molar-refractivity contribution in [1.29, 1.82) is 0 Å². The largest absolute Gasteiger partial charge is 0.506 e. The third kappa shape index (κ3) is 3.44. The molecule has 0 saturated carbocycles. The van der Waals surface area contributed by atoms with E-state index in [4.69, 9.17) is 35.4 Å². The first-order valence-electron chi connectivity index (χ1n) is 7.44. The molecule has 8 heteroatoms. The van der Waals surface area contributed by atoms with Gasteiger partial charge in [-0.2, -0.15) is 0 Å². The number of thiocarbonyl (C=S) groups is 1. The third-order valence-electron chi connectivity index (χ3n) is 3.75. The zero-order chi connectivity index (χ0) is 19.0. The second-order valence-corrected chi connectivity index (χ2v) is 6.85. The summed E-state index contributed by atoms with van der Waals surface area (Å²) in [5, 5.41) is 12.8. The van der Waals surface area contributed by atoms with E-state index >= 15 is 0 Å². The molecular weight excluding hydrogens is 395 g/mol. The molecule has 1 fully saturated rings. The zero-order valence-electron chi connectivity index (χ0n) is 13.4. The number of benzene rings is 2. The average Bonchev–Trinajstić information content (AvgIpc) is 2.57.